The second kappa shape index (κ2) is 6.85. The molecule has 0 amide bonds. The summed E-state index contributed by atoms with van der Waals surface area (Å²) in [6.07, 6.45) is 1.61. The third kappa shape index (κ3) is 3.38. The van der Waals surface area contributed by atoms with Crippen LogP contribution in [0.3, 0.4) is 0 Å². The molecule has 1 fully saturated rings. The molecule has 2 aromatic carbocycles. The van der Waals surface area contributed by atoms with Crippen LogP contribution in [0.15, 0.2) is 48.5 Å². The van der Waals surface area contributed by atoms with Crippen LogP contribution >= 0.6 is 11.6 Å². The molecule has 1 aliphatic heterocycles. The van der Waals surface area contributed by atoms with Gasteiger partial charge in [0.25, 0.3) is 0 Å². The lowest BCUT2D eigenvalue weighted by Crippen LogP contribution is -2.36. The average Bonchev–Trinajstić information content (AvgIpc) is 2.62. The fourth-order valence-corrected chi connectivity index (χ4v) is 3.27. The van der Waals surface area contributed by atoms with E-state index in [0.717, 1.165) is 37.2 Å². The molecule has 1 saturated heterocycles. The summed E-state index contributed by atoms with van der Waals surface area (Å²) in [5, 5.41) is 9.84. The SMILES string of the molecule is N#Cc1cc(Cl)ccc1N1CCC(C(=O)c2ccccc2)CC1. The lowest BCUT2D eigenvalue weighted by molar-refractivity contribution is 0.0900. The number of hydrogen-bond donors (Lipinski definition) is 0. The Labute approximate surface area is 141 Å². The van der Waals surface area contributed by atoms with Crippen LogP contribution in [0.25, 0.3) is 0 Å². The van der Waals surface area contributed by atoms with Gasteiger partial charge in [-0.3, -0.25) is 4.79 Å². The molecule has 0 saturated carbocycles. The van der Waals surface area contributed by atoms with Crippen molar-refractivity contribution >= 4 is 23.1 Å². The highest BCUT2D eigenvalue weighted by atomic mass is 35.5. The number of rotatable bonds is 3. The molecule has 0 atom stereocenters. The van der Waals surface area contributed by atoms with Crippen molar-refractivity contribution in [3.8, 4) is 6.07 Å². The smallest absolute Gasteiger partial charge is 0.166 e. The number of Topliss-reactive ketones (excluding diaryl/α,β-unsaturated/α-hetero) is 1. The molecule has 0 spiro atoms. The Morgan fingerprint density at radius 2 is 1.83 bits per heavy atom. The first-order valence-electron chi connectivity index (χ1n) is 7.73. The van der Waals surface area contributed by atoms with E-state index >= 15 is 0 Å². The molecular formula is C19H17ClN2O. The van der Waals surface area contributed by atoms with E-state index in [4.69, 9.17) is 11.6 Å². The fraction of sp³-hybridized carbons (Fsp3) is 0.263. The van der Waals surface area contributed by atoms with Crippen molar-refractivity contribution in [1.82, 2.24) is 0 Å². The molecule has 116 valence electrons. The van der Waals surface area contributed by atoms with Gasteiger partial charge in [0.1, 0.15) is 6.07 Å². The molecule has 0 bridgehead atoms. The van der Waals surface area contributed by atoms with Crippen LogP contribution in [0.5, 0.6) is 0 Å². The predicted molar refractivity (Wildman–Crippen MR) is 91.9 cm³/mol. The van der Waals surface area contributed by atoms with E-state index in [1.165, 1.54) is 0 Å². The van der Waals surface area contributed by atoms with Crippen LogP contribution in [0.2, 0.25) is 5.02 Å². The summed E-state index contributed by atoms with van der Waals surface area (Å²) in [6, 6.07) is 17.1. The van der Waals surface area contributed by atoms with E-state index in [1.54, 1.807) is 12.1 Å². The lowest BCUT2D eigenvalue weighted by Gasteiger charge is -2.33. The number of piperidine rings is 1. The van der Waals surface area contributed by atoms with Gasteiger partial charge in [0.2, 0.25) is 0 Å². The van der Waals surface area contributed by atoms with Gasteiger partial charge < -0.3 is 4.90 Å². The minimum absolute atomic E-state index is 0.0616. The average molecular weight is 325 g/mol. The second-order valence-electron chi connectivity index (χ2n) is 5.76. The van der Waals surface area contributed by atoms with Gasteiger partial charge in [-0.25, -0.2) is 0 Å². The number of anilines is 1. The summed E-state index contributed by atoms with van der Waals surface area (Å²) in [7, 11) is 0. The van der Waals surface area contributed by atoms with Crippen molar-refractivity contribution in [2.24, 2.45) is 5.92 Å². The van der Waals surface area contributed by atoms with Gasteiger partial charge in [-0.2, -0.15) is 5.26 Å². The van der Waals surface area contributed by atoms with E-state index in [0.29, 0.717) is 10.6 Å². The fourth-order valence-electron chi connectivity index (χ4n) is 3.09. The molecule has 0 radical (unpaired) electrons. The zero-order valence-corrected chi connectivity index (χ0v) is 13.5. The first-order chi connectivity index (χ1) is 11.2. The van der Waals surface area contributed by atoms with Crippen LogP contribution in [-0.4, -0.2) is 18.9 Å². The number of nitriles is 1. The highest BCUT2D eigenvalue weighted by molar-refractivity contribution is 6.30. The molecule has 23 heavy (non-hydrogen) atoms. The predicted octanol–water partition coefficient (Wildman–Crippen LogP) is 4.31. The Hall–Kier alpha value is -2.31. The number of halogens is 1. The minimum Gasteiger partial charge on any atom is -0.370 e. The number of hydrogen-bond acceptors (Lipinski definition) is 3. The first-order valence-corrected chi connectivity index (χ1v) is 8.10. The summed E-state index contributed by atoms with van der Waals surface area (Å²) in [5.74, 6) is 0.286. The molecule has 0 N–H and O–H groups in total. The van der Waals surface area contributed by atoms with E-state index in [1.807, 2.05) is 36.4 Å². The van der Waals surface area contributed by atoms with Gasteiger partial charge >= 0.3 is 0 Å². The number of carbonyl (C=O) groups excluding carboxylic acids is 1. The molecule has 0 unspecified atom stereocenters. The van der Waals surface area contributed by atoms with Gasteiger partial charge in [0.05, 0.1) is 11.3 Å². The molecule has 0 aromatic heterocycles. The Morgan fingerprint density at radius 1 is 1.13 bits per heavy atom. The van der Waals surface area contributed by atoms with Crippen molar-refractivity contribution < 1.29 is 4.79 Å². The van der Waals surface area contributed by atoms with Gasteiger partial charge in [-0.15, -0.1) is 0 Å². The van der Waals surface area contributed by atoms with Crippen LogP contribution in [0.1, 0.15) is 28.8 Å². The normalized spacial score (nSPS) is 15.2. The Balaban J connectivity index is 1.70. The van der Waals surface area contributed by atoms with Gasteiger partial charge in [0.15, 0.2) is 5.78 Å². The molecule has 2 aromatic rings. The van der Waals surface area contributed by atoms with E-state index in [9.17, 15) is 10.1 Å². The largest absolute Gasteiger partial charge is 0.370 e. The molecule has 1 heterocycles. The molecule has 0 aliphatic carbocycles. The first kappa shape index (κ1) is 15.6. The summed E-state index contributed by atoms with van der Waals surface area (Å²) in [4.78, 5) is 14.7. The van der Waals surface area contributed by atoms with Crippen molar-refractivity contribution in [2.75, 3.05) is 18.0 Å². The lowest BCUT2D eigenvalue weighted by atomic mass is 9.88. The third-order valence-corrected chi connectivity index (χ3v) is 4.58. The number of nitrogens with zero attached hydrogens (tertiary/aromatic N) is 2. The number of ketones is 1. The molecule has 1 aliphatic rings. The van der Waals surface area contributed by atoms with Crippen molar-refractivity contribution in [1.29, 1.82) is 5.26 Å². The Kier molecular flexibility index (Phi) is 4.64. The van der Waals surface area contributed by atoms with E-state index in [-0.39, 0.29) is 11.7 Å². The van der Waals surface area contributed by atoms with Crippen LogP contribution < -0.4 is 4.90 Å². The third-order valence-electron chi connectivity index (χ3n) is 4.34. The minimum atomic E-state index is 0.0616. The van der Waals surface area contributed by atoms with Crippen molar-refractivity contribution in [3.05, 3.63) is 64.7 Å². The number of carbonyl (C=O) groups is 1. The number of benzene rings is 2. The maximum absolute atomic E-state index is 12.5. The second-order valence-corrected chi connectivity index (χ2v) is 6.20. The highest BCUT2D eigenvalue weighted by Crippen LogP contribution is 2.29. The molecule has 3 nitrogen and oxygen atoms in total. The maximum Gasteiger partial charge on any atom is 0.166 e. The topological polar surface area (TPSA) is 44.1 Å². The summed E-state index contributed by atoms with van der Waals surface area (Å²) >= 11 is 5.95. The Bertz CT molecular complexity index is 744. The zero-order valence-electron chi connectivity index (χ0n) is 12.7. The van der Waals surface area contributed by atoms with Crippen LogP contribution in [0.4, 0.5) is 5.69 Å². The summed E-state index contributed by atoms with van der Waals surface area (Å²) in [5.41, 5.74) is 2.28. The monoisotopic (exact) mass is 324 g/mol. The van der Waals surface area contributed by atoms with Gasteiger partial charge in [-0.05, 0) is 31.0 Å². The van der Waals surface area contributed by atoms with Crippen molar-refractivity contribution in [3.63, 3.8) is 0 Å². The molecule has 4 heteroatoms. The van der Waals surface area contributed by atoms with Crippen LogP contribution in [0, 0.1) is 17.2 Å². The van der Waals surface area contributed by atoms with Crippen molar-refractivity contribution in [2.45, 2.75) is 12.8 Å². The van der Waals surface area contributed by atoms with Gasteiger partial charge in [0, 0.05) is 29.6 Å². The zero-order chi connectivity index (χ0) is 16.2. The molecule has 3 rings (SSSR count). The standard InChI is InChI=1S/C19H17ClN2O/c20-17-6-7-18(16(12-17)13-21)22-10-8-15(9-11-22)19(23)14-4-2-1-3-5-14/h1-7,12,15H,8-11H2. The molecular weight excluding hydrogens is 308 g/mol. The van der Waals surface area contributed by atoms with E-state index < -0.39 is 0 Å². The maximum atomic E-state index is 12.5. The van der Waals surface area contributed by atoms with Gasteiger partial charge in [-0.1, -0.05) is 41.9 Å². The Morgan fingerprint density at radius 3 is 2.48 bits per heavy atom. The highest BCUT2D eigenvalue weighted by Gasteiger charge is 2.26. The summed E-state index contributed by atoms with van der Waals surface area (Å²) in [6.45, 7) is 1.55. The quantitative estimate of drug-likeness (QED) is 0.790. The van der Waals surface area contributed by atoms with E-state index in [2.05, 4.69) is 11.0 Å². The summed E-state index contributed by atoms with van der Waals surface area (Å²) < 4.78 is 0. The van der Waals surface area contributed by atoms with Crippen LogP contribution in [-0.2, 0) is 0 Å².